The number of nitrogens with one attached hydrogen (secondary N) is 1. The molecule has 6 heteroatoms. The largest absolute Gasteiger partial charge is 0.341 e. The van der Waals surface area contributed by atoms with Crippen molar-refractivity contribution in [3.63, 3.8) is 0 Å². The molecule has 2 fully saturated rings. The topological polar surface area (TPSA) is 52.7 Å². The normalized spacial score (nSPS) is 19.8. The van der Waals surface area contributed by atoms with Gasteiger partial charge in [0.25, 0.3) is 0 Å². The number of amides is 3. The maximum absolute atomic E-state index is 13.2. The highest BCUT2D eigenvalue weighted by molar-refractivity contribution is 5.76. The van der Waals surface area contributed by atoms with Gasteiger partial charge in [-0.25, -0.2) is 9.18 Å². The summed E-state index contributed by atoms with van der Waals surface area (Å²) in [7, 11) is 0. The first-order chi connectivity index (χ1) is 12.0. The van der Waals surface area contributed by atoms with Crippen molar-refractivity contribution >= 4 is 11.9 Å². The molecule has 1 aromatic rings. The predicted molar refractivity (Wildman–Crippen MR) is 93.5 cm³/mol. The molecule has 1 atom stereocenters. The second-order valence-electron chi connectivity index (χ2n) is 7.02. The lowest BCUT2D eigenvalue weighted by molar-refractivity contribution is -0.128. The van der Waals surface area contributed by atoms with Crippen LogP contribution < -0.4 is 5.32 Å². The fourth-order valence-corrected chi connectivity index (χ4v) is 3.58. The van der Waals surface area contributed by atoms with Crippen molar-refractivity contribution in [1.82, 2.24) is 15.1 Å². The molecule has 1 heterocycles. The lowest BCUT2D eigenvalue weighted by Crippen LogP contribution is -2.46. The van der Waals surface area contributed by atoms with E-state index in [1.54, 1.807) is 28.9 Å². The Bertz CT molecular complexity index is 616. The van der Waals surface area contributed by atoms with Crippen LogP contribution in [0.4, 0.5) is 9.18 Å². The van der Waals surface area contributed by atoms with E-state index in [1.165, 1.54) is 18.6 Å². The molecule has 5 nitrogen and oxygen atoms in total. The van der Waals surface area contributed by atoms with Crippen molar-refractivity contribution in [2.75, 3.05) is 26.2 Å². The first-order valence-electron chi connectivity index (χ1n) is 9.11. The number of halogens is 1. The van der Waals surface area contributed by atoms with Crippen LogP contribution in [0.2, 0.25) is 0 Å². The molecule has 1 saturated carbocycles. The zero-order valence-corrected chi connectivity index (χ0v) is 14.7. The quantitative estimate of drug-likeness (QED) is 0.914. The van der Waals surface area contributed by atoms with E-state index >= 15 is 0 Å². The highest BCUT2D eigenvalue weighted by Crippen LogP contribution is 2.37. The van der Waals surface area contributed by atoms with Crippen LogP contribution in [0.5, 0.6) is 0 Å². The molecule has 1 aliphatic heterocycles. The summed E-state index contributed by atoms with van der Waals surface area (Å²) in [5.74, 6) is 0.204. The van der Waals surface area contributed by atoms with Crippen LogP contribution in [0.1, 0.15) is 44.2 Å². The van der Waals surface area contributed by atoms with Crippen molar-refractivity contribution in [2.45, 2.75) is 38.6 Å². The van der Waals surface area contributed by atoms with Gasteiger partial charge in [0.1, 0.15) is 5.82 Å². The highest BCUT2D eigenvalue weighted by atomic mass is 19.1. The van der Waals surface area contributed by atoms with Crippen LogP contribution in [0.15, 0.2) is 24.3 Å². The summed E-state index contributed by atoms with van der Waals surface area (Å²) in [5, 5.41) is 3.16. The van der Waals surface area contributed by atoms with Crippen LogP contribution in [0.3, 0.4) is 0 Å². The van der Waals surface area contributed by atoms with Crippen molar-refractivity contribution in [2.24, 2.45) is 5.92 Å². The Morgan fingerprint density at radius 2 is 1.68 bits per heavy atom. The van der Waals surface area contributed by atoms with Crippen LogP contribution in [-0.2, 0) is 4.79 Å². The molecule has 0 radical (unpaired) electrons. The number of carbonyl (C=O) groups is 2. The monoisotopic (exact) mass is 347 g/mol. The Morgan fingerprint density at radius 1 is 1.04 bits per heavy atom. The van der Waals surface area contributed by atoms with Crippen LogP contribution in [0, 0.1) is 11.7 Å². The zero-order chi connectivity index (χ0) is 17.8. The Kier molecular flexibility index (Phi) is 5.56. The van der Waals surface area contributed by atoms with Gasteiger partial charge in [-0.2, -0.15) is 0 Å². The van der Waals surface area contributed by atoms with Gasteiger partial charge in [-0.15, -0.1) is 0 Å². The summed E-state index contributed by atoms with van der Waals surface area (Å²) in [4.78, 5) is 27.9. The molecule has 1 aliphatic carbocycles. The minimum atomic E-state index is -0.265. The highest BCUT2D eigenvalue weighted by Gasteiger charge is 2.31. The van der Waals surface area contributed by atoms with E-state index in [4.69, 9.17) is 0 Å². The Balaban J connectivity index is 1.66. The molecular weight excluding hydrogens is 321 g/mol. The molecule has 0 bridgehead atoms. The molecule has 1 aromatic carbocycles. The van der Waals surface area contributed by atoms with Crippen molar-refractivity contribution in [3.8, 4) is 0 Å². The third-order valence-electron chi connectivity index (χ3n) is 5.36. The molecule has 1 saturated heterocycles. The van der Waals surface area contributed by atoms with Gasteiger partial charge in [-0.1, -0.05) is 18.6 Å². The van der Waals surface area contributed by atoms with E-state index in [9.17, 15) is 14.0 Å². The van der Waals surface area contributed by atoms with Crippen LogP contribution in [-0.4, -0.2) is 47.9 Å². The minimum Gasteiger partial charge on any atom is -0.341 e. The summed E-state index contributed by atoms with van der Waals surface area (Å²) in [6.45, 7) is 4.04. The number of nitrogens with zero attached hydrogens (tertiary/aromatic N) is 2. The SMILES string of the molecule is CC(=O)N1CCCN(C(=O)NC(c2ccc(F)cc2)C2CCC2)CC1. The number of hydrogen-bond donors (Lipinski definition) is 1. The van der Waals surface area contributed by atoms with E-state index in [-0.39, 0.29) is 23.8 Å². The lowest BCUT2D eigenvalue weighted by atomic mass is 9.77. The van der Waals surface area contributed by atoms with E-state index in [1.807, 2.05) is 0 Å². The van der Waals surface area contributed by atoms with Gasteiger partial charge in [-0.05, 0) is 42.9 Å². The van der Waals surface area contributed by atoms with Gasteiger partial charge in [0, 0.05) is 33.1 Å². The fraction of sp³-hybridized carbons (Fsp3) is 0.579. The standard InChI is InChI=1S/C19H26FN3O2/c1-14(24)22-10-3-11-23(13-12-22)19(25)21-18(15-4-2-5-15)16-6-8-17(20)9-7-16/h6-9,15,18H,2-5,10-13H2,1H3,(H,21,25). The smallest absolute Gasteiger partial charge is 0.317 e. The molecule has 0 aromatic heterocycles. The van der Waals surface area contributed by atoms with Gasteiger partial charge >= 0.3 is 6.03 Å². The maximum Gasteiger partial charge on any atom is 0.317 e. The number of urea groups is 1. The molecule has 0 spiro atoms. The number of carbonyl (C=O) groups excluding carboxylic acids is 2. The summed E-state index contributed by atoms with van der Waals surface area (Å²) in [6, 6.07) is 6.26. The van der Waals surface area contributed by atoms with Gasteiger partial charge in [0.2, 0.25) is 5.91 Å². The molecule has 25 heavy (non-hydrogen) atoms. The fourth-order valence-electron chi connectivity index (χ4n) is 3.58. The summed E-state index contributed by atoms with van der Waals surface area (Å²) < 4.78 is 13.2. The molecule has 136 valence electrons. The molecular formula is C19H26FN3O2. The van der Waals surface area contributed by atoms with E-state index < -0.39 is 0 Å². The van der Waals surface area contributed by atoms with E-state index in [2.05, 4.69) is 5.32 Å². The van der Waals surface area contributed by atoms with Gasteiger partial charge in [0.15, 0.2) is 0 Å². The minimum absolute atomic E-state index is 0.0564. The Labute approximate surface area is 148 Å². The third kappa shape index (κ3) is 4.30. The van der Waals surface area contributed by atoms with E-state index in [0.717, 1.165) is 24.8 Å². The van der Waals surface area contributed by atoms with Crippen LogP contribution >= 0.6 is 0 Å². The van der Waals surface area contributed by atoms with Crippen molar-refractivity contribution in [1.29, 1.82) is 0 Å². The molecule has 3 amide bonds. The molecule has 1 unspecified atom stereocenters. The molecule has 1 N–H and O–H groups in total. The van der Waals surface area contributed by atoms with Crippen molar-refractivity contribution in [3.05, 3.63) is 35.6 Å². The zero-order valence-electron chi connectivity index (χ0n) is 14.7. The van der Waals surface area contributed by atoms with Crippen LogP contribution in [0.25, 0.3) is 0 Å². The second-order valence-corrected chi connectivity index (χ2v) is 7.02. The summed E-state index contributed by atoms with van der Waals surface area (Å²) in [5.41, 5.74) is 0.958. The average molecular weight is 347 g/mol. The van der Waals surface area contributed by atoms with Gasteiger partial charge < -0.3 is 15.1 Å². The van der Waals surface area contributed by atoms with E-state index in [0.29, 0.717) is 32.1 Å². The summed E-state index contributed by atoms with van der Waals surface area (Å²) in [6.07, 6.45) is 4.13. The van der Waals surface area contributed by atoms with Crippen molar-refractivity contribution < 1.29 is 14.0 Å². The lowest BCUT2D eigenvalue weighted by Gasteiger charge is -2.36. The predicted octanol–water partition coefficient (Wildman–Crippen LogP) is 2.93. The first kappa shape index (κ1) is 17.7. The summed E-state index contributed by atoms with van der Waals surface area (Å²) >= 11 is 0. The number of hydrogen-bond acceptors (Lipinski definition) is 2. The van der Waals surface area contributed by atoms with Gasteiger partial charge in [-0.3, -0.25) is 4.79 Å². The number of benzene rings is 1. The van der Waals surface area contributed by atoms with Gasteiger partial charge in [0.05, 0.1) is 6.04 Å². The average Bonchev–Trinajstić information content (AvgIpc) is 2.79. The maximum atomic E-state index is 13.2. The Morgan fingerprint density at radius 3 is 2.28 bits per heavy atom. The molecule has 2 aliphatic rings. The second kappa shape index (κ2) is 7.85. The molecule has 3 rings (SSSR count). The third-order valence-corrected chi connectivity index (χ3v) is 5.36. The Hall–Kier alpha value is -2.11. The first-order valence-corrected chi connectivity index (χ1v) is 9.11. The number of rotatable bonds is 3.